The maximum atomic E-state index is 13.1. The van der Waals surface area contributed by atoms with E-state index in [2.05, 4.69) is 35.6 Å². The third-order valence-electron chi connectivity index (χ3n) is 6.16. The Kier molecular flexibility index (Phi) is 5.63. The first-order chi connectivity index (χ1) is 11.1. The Morgan fingerprint density at radius 2 is 1.61 bits per heavy atom. The second-order valence-electron chi connectivity index (χ2n) is 8.40. The van der Waals surface area contributed by atoms with Gasteiger partial charge in [-0.2, -0.15) is 0 Å². The van der Waals surface area contributed by atoms with Gasteiger partial charge >= 0.3 is 0 Å². The lowest BCUT2D eigenvalue weighted by atomic mass is 9.93. The van der Waals surface area contributed by atoms with E-state index in [1.54, 1.807) is 0 Å². The smallest absolute Gasteiger partial charge is 0.226 e. The number of rotatable bonds is 4. The number of likely N-dealkylation sites (N-methyl/N-ethyl adjacent to an activating group) is 1. The number of nitrogens with zero attached hydrogens (tertiary/aromatic N) is 3. The molecular formula is C19H35N3O. The lowest BCUT2D eigenvalue weighted by Crippen LogP contribution is -2.50. The van der Waals surface area contributed by atoms with Crippen LogP contribution in [0.15, 0.2) is 0 Å². The van der Waals surface area contributed by atoms with E-state index in [4.69, 9.17) is 0 Å². The summed E-state index contributed by atoms with van der Waals surface area (Å²) >= 11 is 0. The molecule has 3 aliphatic heterocycles. The molecule has 0 spiro atoms. The summed E-state index contributed by atoms with van der Waals surface area (Å²) in [5.41, 5.74) is 0. The lowest BCUT2D eigenvalue weighted by molar-refractivity contribution is -0.139. The van der Waals surface area contributed by atoms with Crippen LogP contribution in [0.1, 0.15) is 52.4 Å². The van der Waals surface area contributed by atoms with Crippen LogP contribution < -0.4 is 0 Å². The van der Waals surface area contributed by atoms with Crippen molar-refractivity contribution < 1.29 is 4.79 Å². The predicted molar refractivity (Wildman–Crippen MR) is 94.4 cm³/mol. The minimum Gasteiger partial charge on any atom is -0.338 e. The molecular weight excluding hydrogens is 286 g/mol. The molecule has 2 atom stereocenters. The Balaban J connectivity index is 1.55. The summed E-state index contributed by atoms with van der Waals surface area (Å²) in [5.74, 6) is 1.48. The van der Waals surface area contributed by atoms with Crippen molar-refractivity contribution in [1.29, 1.82) is 0 Å². The fourth-order valence-corrected chi connectivity index (χ4v) is 5.00. The van der Waals surface area contributed by atoms with Gasteiger partial charge in [-0.3, -0.25) is 4.79 Å². The zero-order chi connectivity index (χ0) is 16.4. The molecule has 0 aromatic rings. The van der Waals surface area contributed by atoms with Crippen LogP contribution in [-0.2, 0) is 4.79 Å². The summed E-state index contributed by atoms with van der Waals surface area (Å²) in [6, 6.07) is 1.10. The fraction of sp³-hybridized carbons (Fsp3) is 0.947. The Hall–Kier alpha value is -0.610. The summed E-state index contributed by atoms with van der Waals surface area (Å²) in [7, 11) is 2.24. The van der Waals surface area contributed by atoms with Crippen molar-refractivity contribution in [3.05, 3.63) is 0 Å². The van der Waals surface area contributed by atoms with Gasteiger partial charge in [-0.1, -0.05) is 13.8 Å². The second kappa shape index (κ2) is 7.52. The summed E-state index contributed by atoms with van der Waals surface area (Å²) in [5, 5.41) is 0. The van der Waals surface area contributed by atoms with E-state index in [-0.39, 0.29) is 5.92 Å². The molecule has 3 rings (SSSR count). The number of likely N-dealkylation sites (tertiary alicyclic amines) is 3. The molecule has 3 saturated heterocycles. The number of amides is 1. The van der Waals surface area contributed by atoms with Crippen molar-refractivity contribution in [2.75, 3.05) is 39.8 Å². The van der Waals surface area contributed by atoms with Crippen LogP contribution in [0.25, 0.3) is 0 Å². The molecule has 0 aromatic carbocycles. The van der Waals surface area contributed by atoms with Crippen LogP contribution in [0.5, 0.6) is 0 Å². The Morgan fingerprint density at radius 3 is 2.22 bits per heavy atom. The van der Waals surface area contributed by atoms with Gasteiger partial charge in [-0.05, 0) is 71.1 Å². The average molecular weight is 322 g/mol. The molecule has 0 aliphatic carbocycles. The minimum atomic E-state index is 0.283. The quantitative estimate of drug-likeness (QED) is 0.796. The van der Waals surface area contributed by atoms with Crippen LogP contribution in [0.3, 0.4) is 0 Å². The van der Waals surface area contributed by atoms with Gasteiger partial charge in [0.05, 0.1) is 0 Å². The molecule has 0 N–H and O–H groups in total. The molecule has 4 heteroatoms. The van der Waals surface area contributed by atoms with Crippen molar-refractivity contribution in [2.24, 2.45) is 11.8 Å². The third kappa shape index (κ3) is 3.90. The Bertz CT molecular complexity index is 403. The fourth-order valence-electron chi connectivity index (χ4n) is 5.00. The molecule has 1 amide bonds. The average Bonchev–Trinajstić information content (AvgIpc) is 3.15. The summed E-state index contributed by atoms with van der Waals surface area (Å²) < 4.78 is 0. The highest BCUT2D eigenvalue weighted by Crippen LogP contribution is 2.31. The largest absolute Gasteiger partial charge is 0.338 e. The molecule has 23 heavy (non-hydrogen) atoms. The molecule has 0 aromatic heterocycles. The van der Waals surface area contributed by atoms with Crippen molar-refractivity contribution in [2.45, 2.75) is 64.5 Å². The van der Waals surface area contributed by atoms with E-state index in [1.165, 1.54) is 38.8 Å². The molecule has 3 fully saturated rings. The normalized spacial score (nSPS) is 31.4. The van der Waals surface area contributed by atoms with Gasteiger partial charge in [0, 0.05) is 31.1 Å². The highest BCUT2D eigenvalue weighted by Gasteiger charge is 2.40. The van der Waals surface area contributed by atoms with Crippen LogP contribution in [0, 0.1) is 11.8 Å². The predicted octanol–water partition coefficient (Wildman–Crippen LogP) is 2.44. The molecule has 3 heterocycles. The maximum Gasteiger partial charge on any atom is 0.226 e. The summed E-state index contributed by atoms with van der Waals surface area (Å²) in [6.45, 7) is 10.2. The van der Waals surface area contributed by atoms with Gasteiger partial charge in [0.25, 0.3) is 0 Å². The van der Waals surface area contributed by atoms with Crippen molar-refractivity contribution >= 4 is 5.91 Å². The maximum absolute atomic E-state index is 13.1. The number of hydrogen-bond acceptors (Lipinski definition) is 3. The molecule has 0 saturated carbocycles. The summed E-state index contributed by atoms with van der Waals surface area (Å²) in [6.07, 6.45) is 7.12. The number of carbonyl (C=O) groups is 1. The van der Waals surface area contributed by atoms with Crippen LogP contribution in [-0.4, -0.2) is 72.5 Å². The van der Waals surface area contributed by atoms with Crippen molar-refractivity contribution in [3.8, 4) is 0 Å². The first-order valence-electron chi connectivity index (χ1n) is 9.79. The minimum absolute atomic E-state index is 0.283. The van der Waals surface area contributed by atoms with Crippen LogP contribution in [0.2, 0.25) is 0 Å². The zero-order valence-corrected chi connectivity index (χ0v) is 15.3. The van der Waals surface area contributed by atoms with Crippen LogP contribution >= 0.6 is 0 Å². The van der Waals surface area contributed by atoms with Gasteiger partial charge in [0.1, 0.15) is 0 Å². The number of piperidine rings is 1. The SMILES string of the molecule is CC(C)CN1CCC(C(=O)N2CCC[C@@H]2[C@H]2CCCN2C)CC1. The molecule has 4 nitrogen and oxygen atoms in total. The molecule has 0 radical (unpaired) electrons. The van der Waals surface area contributed by atoms with E-state index in [0.29, 0.717) is 18.0 Å². The molecule has 0 bridgehead atoms. The van der Waals surface area contributed by atoms with Gasteiger partial charge in [0.15, 0.2) is 0 Å². The van der Waals surface area contributed by atoms with E-state index < -0.39 is 0 Å². The highest BCUT2D eigenvalue weighted by atomic mass is 16.2. The first-order valence-corrected chi connectivity index (χ1v) is 9.79. The Morgan fingerprint density at radius 1 is 0.957 bits per heavy atom. The van der Waals surface area contributed by atoms with Gasteiger partial charge in [0.2, 0.25) is 5.91 Å². The van der Waals surface area contributed by atoms with E-state index in [0.717, 1.165) is 38.4 Å². The molecule has 132 valence electrons. The third-order valence-corrected chi connectivity index (χ3v) is 6.16. The zero-order valence-electron chi connectivity index (χ0n) is 15.3. The molecule has 3 aliphatic rings. The van der Waals surface area contributed by atoms with Crippen LogP contribution in [0.4, 0.5) is 0 Å². The van der Waals surface area contributed by atoms with Gasteiger partial charge in [-0.15, -0.1) is 0 Å². The first kappa shape index (κ1) is 17.2. The monoisotopic (exact) mass is 321 g/mol. The van der Waals surface area contributed by atoms with Gasteiger partial charge in [-0.25, -0.2) is 0 Å². The standard InChI is InChI=1S/C19H35N3O/c1-15(2)14-21-12-8-16(9-13-21)19(23)22-11-5-7-18(22)17-6-4-10-20(17)3/h15-18H,4-14H2,1-3H3/t17-,18-/m1/s1. The Labute approximate surface area is 142 Å². The number of carbonyl (C=O) groups excluding carboxylic acids is 1. The highest BCUT2D eigenvalue weighted by molar-refractivity contribution is 5.79. The van der Waals surface area contributed by atoms with Crippen molar-refractivity contribution in [1.82, 2.24) is 14.7 Å². The van der Waals surface area contributed by atoms with E-state index in [1.807, 2.05) is 0 Å². The van der Waals surface area contributed by atoms with E-state index >= 15 is 0 Å². The van der Waals surface area contributed by atoms with Gasteiger partial charge < -0.3 is 14.7 Å². The van der Waals surface area contributed by atoms with E-state index in [9.17, 15) is 4.79 Å². The summed E-state index contributed by atoms with van der Waals surface area (Å²) in [4.78, 5) is 20.4. The molecule has 0 unspecified atom stereocenters. The number of hydrogen-bond donors (Lipinski definition) is 0. The topological polar surface area (TPSA) is 26.8 Å². The lowest BCUT2D eigenvalue weighted by Gasteiger charge is -2.38. The van der Waals surface area contributed by atoms with Crippen molar-refractivity contribution in [3.63, 3.8) is 0 Å². The second-order valence-corrected chi connectivity index (χ2v) is 8.40.